The van der Waals surface area contributed by atoms with E-state index in [4.69, 9.17) is 0 Å². The van der Waals surface area contributed by atoms with Crippen LogP contribution in [-0.4, -0.2) is 44.9 Å². The van der Waals surface area contributed by atoms with Crippen molar-refractivity contribution in [3.05, 3.63) is 96.6 Å². The van der Waals surface area contributed by atoms with Crippen LogP contribution in [-0.2, 0) is 21.4 Å². The predicted octanol–water partition coefficient (Wildman–Crippen LogP) is 2.83. The number of carbonyl (C=O) groups excluding carboxylic acids is 2. The van der Waals surface area contributed by atoms with E-state index in [2.05, 4.69) is 25.9 Å². The van der Waals surface area contributed by atoms with Gasteiger partial charge in [0, 0.05) is 25.9 Å². The van der Waals surface area contributed by atoms with E-state index in [0.717, 1.165) is 35.2 Å². The van der Waals surface area contributed by atoms with E-state index in [1.807, 2.05) is 72.9 Å². The first-order chi connectivity index (χ1) is 17.1. The third kappa shape index (κ3) is 4.68. The smallest absolute Gasteiger partial charge is 0.242 e. The molecule has 2 aromatic heterocycles. The van der Waals surface area contributed by atoms with Crippen molar-refractivity contribution >= 4 is 11.8 Å². The monoisotopic (exact) mass is 466 g/mol. The number of hydrogen-bond acceptors (Lipinski definition) is 5. The van der Waals surface area contributed by atoms with E-state index in [1.165, 1.54) is 0 Å². The minimum absolute atomic E-state index is 0.129. The van der Waals surface area contributed by atoms with Crippen molar-refractivity contribution in [1.82, 2.24) is 30.6 Å². The van der Waals surface area contributed by atoms with Crippen molar-refractivity contribution in [2.75, 3.05) is 7.05 Å². The van der Waals surface area contributed by atoms with Crippen molar-refractivity contribution in [3.63, 3.8) is 0 Å². The summed E-state index contributed by atoms with van der Waals surface area (Å²) in [5.74, 6) is -0.395. The first kappa shape index (κ1) is 22.5. The first-order valence-electron chi connectivity index (χ1n) is 11.6. The number of nitrogens with one attached hydrogen (secondary N) is 2. The van der Waals surface area contributed by atoms with Crippen LogP contribution >= 0.6 is 0 Å². The van der Waals surface area contributed by atoms with Crippen molar-refractivity contribution in [1.29, 1.82) is 0 Å². The Balaban J connectivity index is 1.30. The maximum absolute atomic E-state index is 13.2. The highest BCUT2D eigenvalue weighted by Crippen LogP contribution is 2.48. The van der Waals surface area contributed by atoms with Gasteiger partial charge in [-0.15, -0.1) is 5.10 Å². The van der Waals surface area contributed by atoms with Crippen LogP contribution in [0.5, 0.6) is 0 Å². The van der Waals surface area contributed by atoms with E-state index < -0.39 is 11.5 Å². The first-order valence-corrected chi connectivity index (χ1v) is 11.6. The molecule has 8 heteroatoms. The lowest BCUT2D eigenvalue weighted by molar-refractivity contribution is -0.130. The summed E-state index contributed by atoms with van der Waals surface area (Å²) in [4.78, 5) is 29.9. The molecule has 176 valence electrons. The van der Waals surface area contributed by atoms with Crippen LogP contribution in [0.15, 0.2) is 85.3 Å². The molecule has 35 heavy (non-hydrogen) atoms. The van der Waals surface area contributed by atoms with Gasteiger partial charge < -0.3 is 10.6 Å². The van der Waals surface area contributed by atoms with Crippen LogP contribution in [0.1, 0.15) is 24.1 Å². The standard InChI is InChI=1S/C27H26N6O2/c1-28-25(34)24(30-26(35)27(13-14-27)21-7-3-2-4-8-21)16-22-18-33(32-31-22)23-11-9-19(10-12-23)20-6-5-15-29-17-20/h2-12,15,17-18,24H,13-14,16H2,1H3,(H,28,34)(H,30,35). The quantitative estimate of drug-likeness (QED) is 0.416. The second-order valence-corrected chi connectivity index (χ2v) is 8.74. The van der Waals surface area contributed by atoms with Gasteiger partial charge in [0.15, 0.2) is 0 Å². The zero-order chi connectivity index (χ0) is 24.3. The molecule has 2 N–H and O–H groups in total. The summed E-state index contributed by atoms with van der Waals surface area (Å²) in [7, 11) is 1.56. The summed E-state index contributed by atoms with van der Waals surface area (Å²) in [6.45, 7) is 0. The van der Waals surface area contributed by atoms with Gasteiger partial charge >= 0.3 is 0 Å². The average Bonchev–Trinajstić information content (AvgIpc) is 3.61. The number of nitrogens with zero attached hydrogens (tertiary/aromatic N) is 4. The Bertz CT molecular complexity index is 1310. The molecule has 2 aromatic carbocycles. The number of likely N-dealkylation sites (N-methyl/N-ethyl adjacent to an activating group) is 1. The Labute approximate surface area is 203 Å². The number of aromatic nitrogens is 4. The van der Waals surface area contributed by atoms with E-state index in [0.29, 0.717) is 5.69 Å². The van der Waals surface area contributed by atoms with Crippen LogP contribution in [0.25, 0.3) is 16.8 Å². The predicted molar refractivity (Wildman–Crippen MR) is 132 cm³/mol. The zero-order valence-corrected chi connectivity index (χ0v) is 19.4. The molecule has 1 unspecified atom stereocenters. The minimum Gasteiger partial charge on any atom is -0.357 e. The highest BCUT2D eigenvalue weighted by atomic mass is 16.2. The molecule has 1 aliphatic carbocycles. The van der Waals surface area contributed by atoms with E-state index in [9.17, 15) is 9.59 Å². The summed E-state index contributed by atoms with van der Waals surface area (Å²) >= 11 is 0. The molecule has 8 nitrogen and oxygen atoms in total. The van der Waals surface area contributed by atoms with Crippen molar-refractivity contribution in [3.8, 4) is 16.8 Å². The molecule has 1 fully saturated rings. The number of benzene rings is 2. The fourth-order valence-electron chi connectivity index (χ4n) is 4.28. The molecule has 2 heterocycles. The molecular weight excluding hydrogens is 440 g/mol. The highest BCUT2D eigenvalue weighted by Gasteiger charge is 2.51. The lowest BCUT2D eigenvalue weighted by Crippen LogP contribution is -2.50. The Kier molecular flexibility index (Phi) is 6.10. The van der Waals surface area contributed by atoms with E-state index in [1.54, 1.807) is 24.1 Å². The lowest BCUT2D eigenvalue weighted by atomic mass is 9.94. The molecule has 0 aliphatic heterocycles. The van der Waals surface area contributed by atoms with Gasteiger partial charge in [0.25, 0.3) is 0 Å². The molecule has 5 rings (SSSR count). The van der Waals surface area contributed by atoms with Gasteiger partial charge in [-0.1, -0.05) is 53.7 Å². The molecule has 4 aromatic rings. The lowest BCUT2D eigenvalue weighted by Gasteiger charge is -2.21. The Morgan fingerprint density at radius 3 is 2.43 bits per heavy atom. The third-order valence-corrected chi connectivity index (χ3v) is 6.46. The summed E-state index contributed by atoms with van der Waals surface area (Å²) in [6, 6.07) is 20.8. The molecule has 1 saturated carbocycles. The Morgan fingerprint density at radius 2 is 1.77 bits per heavy atom. The number of pyridine rings is 1. The van der Waals surface area contributed by atoms with Gasteiger partial charge in [-0.3, -0.25) is 14.6 Å². The summed E-state index contributed by atoms with van der Waals surface area (Å²) in [5, 5.41) is 14.1. The van der Waals surface area contributed by atoms with Crippen molar-refractivity contribution in [2.45, 2.75) is 30.7 Å². The third-order valence-electron chi connectivity index (χ3n) is 6.46. The molecule has 0 saturated heterocycles. The van der Waals surface area contributed by atoms with Gasteiger partial charge in [-0.2, -0.15) is 0 Å². The van der Waals surface area contributed by atoms with Crippen LogP contribution < -0.4 is 10.6 Å². The van der Waals surface area contributed by atoms with Crippen LogP contribution in [0.4, 0.5) is 0 Å². The number of amides is 2. The number of rotatable bonds is 8. The SMILES string of the molecule is CNC(=O)C(Cc1cn(-c2ccc(-c3cccnc3)cc2)nn1)NC(=O)C1(c2ccccc2)CC1. The zero-order valence-electron chi connectivity index (χ0n) is 19.4. The van der Waals surface area contributed by atoms with Crippen LogP contribution in [0.3, 0.4) is 0 Å². The van der Waals surface area contributed by atoms with Crippen molar-refractivity contribution < 1.29 is 9.59 Å². The van der Waals surface area contributed by atoms with Gasteiger partial charge in [0.1, 0.15) is 6.04 Å². The van der Waals surface area contributed by atoms with E-state index >= 15 is 0 Å². The molecule has 1 atom stereocenters. The summed E-state index contributed by atoms with van der Waals surface area (Å²) in [6.07, 6.45) is 7.13. The molecule has 2 amide bonds. The maximum Gasteiger partial charge on any atom is 0.242 e. The second-order valence-electron chi connectivity index (χ2n) is 8.74. The summed E-state index contributed by atoms with van der Waals surface area (Å²) < 4.78 is 1.66. The summed E-state index contributed by atoms with van der Waals surface area (Å²) in [5.41, 5.74) is 3.97. The van der Waals surface area contributed by atoms with Gasteiger partial charge in [-0.05, 0) is 47.7 Å². The molecule has 0 bridgehead atoms. The van der Waals surface area contributed by atoms with Gasteiger partial charge in [0.2, 0.25) is 11.8 Å². The fraction of sp³-hybridized carbons (Fsp3) is 0.222. The maximum atomic E-state index is 13.2. The molecular formula is C27H26N6O2. The number of carbonyl (C=O) groups is 2. The fourth-order valence-corrected chi connectivity index (χ4v) is 4.28. The Morgan fingerprint density at radius 1 is 1.00 bits per heavy atom. The van der Waals surface area contributed by atoms with Gasteiger partial charge in [0.05, 0.1) is 23.0 Å². The largest absolute Gasteiger partial charge is 0.357 e. The topological polar surface area (TPSA) is 102 Å². The van der Waals surface area contributed by atoms with Crippen molar-refractivity contribution in [2.24, 2.45) is 0 Å². The normalized spacial score (nSPS) is 14.7. The van der Waals surface area contributed by atoms with Gasteiger partial charge in [-0.25, -0.2) is 4.68 Å². The highest BCUT2D eigenvalue weighted by molar-refractivity contribution is 5.95. The minimum atomic E-state index is -0.744. The molecule has 0 spiro atoms. The second kappa shape index (κ2) is 9.50. The van der Waals surface area contributed by atoms with Crippen LogP contribution in [0.2, 0.25) is 0 Å². The number of hydrogen-bond donors (Lipinski definition) is 2. The Hall–Kier alpha value is -4.33. The molecule has 1 aliphatic rings. The molecule has 0 radical (unpaired) electrons. The van der Waals surface area contributed by atoms with Crippen LogP contribution in [0, 0.1) is 0 Å². The van der Waals surface area contributed by atoms with E-state index in [-0.39, 0.29) is 18.2 Å². The average molecular weight is 467 g/mol.